The van der Waals surface area contributed by atoms with Gasteiger partial charge in [0.05, 0.1) is 23.8 Å². The molecular formula is C24H35F2NO8S. The Balaban J connectivity index is 1.57. The lowest BCUT2D eigenvalue weighted by atomic mass is 9.78. The SMILES string of the molecule is CC(C)(C)N1C(=O)C2C3CC(C(OC(=O)C4CCCCCCC4)C31)C2C(=O)OCC(F)(F)S(=O)(=O)O. The maximum atomic E-state index is 13.7. The second-order valence-electron chi connectivity index (χ2n) is 11.6. The monoisotopic (exact) mass is 535 g/mol. The van der Waals surface area contributed by atoms with E-state index in [1.54, 1.807) is 4.90 Å². The molecule has 4 fully saturated rings. The molecule has 12 heteroatoms. The van der Waals surface area contributed by atoms with Gasteiger partial charge in [-0.3, -0.25) is 18.9 Å². The molecular weight excluding hydrogens is 500 g/mol. The molecule has 0 spiro atoms. The molecule has 4 rings (SSSR count). The second-order valence-corrected chi connectivity index (χ2v) is 13.2. The summed E-state index contributed by atoms with van der Waals surface area (Å²) in [7, 11) is -5.78. The number of hydrogen-bond donors (Lipinski definition) is 1. The largest absolute Gasteiger partial charge is 0.460 e. The first-order valence-electron chi connectivity index (χ1n) is 12.7. The van der Waals surface area contributed by atoms with Crippen LogP contribution in [0.25, 0.3) is 0 Å². The van der Waals surface area contributed by atoms with Gasteiger partial charge < -0.3 is 14.4 Å². The van der Waals surface area contributed by atoms with Crippen LogP contribution in [-0.2, 0) is 34.0 Å². The smallest absolute Gasteiger partial charge is 0.402 e. The van der Waals surface area contributed by atoms with E-state index in [1.807, 2.05) is 20.8 Å². The van der Waals surface area contributed by atoms with E-state index >= 15 is 0 Å². The van der Waals surface area contributed by atoms with Crippen molar-refractivity contribution in [2.45, 2.75) is 95.1 Å². The summed E-state index contributed by atoms with van der Waals surface area (Å²) in [6.07, 6.45) is 6.13. The Hall–Kier alpha value is -1.82. The molecule has 6 unspecified atom stereocenters. The molecule has 0 radical (unpaired) electrons. The summed E-state index contributed by atoms with van der Waals surface area (Å²) >= 11 is 0. The van der Waals surface area contributed by atoms with Gasteiger partial charge in [-0.2, -0.15) is 17.2 Å². The third kappa shape index (κ3) is 4.75. The van der Waals surface area contributed by atoms with E-state index in [2.05, 4.69) is 4.74 Å². The van der Waals surface area contributed by atoms with Crippen LogP contribution in [0.15, 0.2) is 0 Å². The zero-order valence-corrected chi connectivity index (χ0v) is 21.6. The van der Waals surface area contributed by atoms with Gasteiger partial charge in [0.1, 0.15) is 6.10 Å². The van der Waals surface area contributed by atoms with Gasteiger partial charge in [-0.1, -0.05) is 32.1 Å². The first kappa shape index (κ1) is 27.2. The summed E-state index contributed by atoms with van der Waals surface area (Å²) in [6.45, 7) is 3.67. The molecule has 1 heterocycles. The van der Waals surface area contributed by atoms with E-state index in [0.717, 1.165) is 32.1 Å². The molecule has 3 aliphatic carbocycles. The van der Waals surface area contributed by atoms with Gasteiger partial charge in [0.25, 0.3) is 0 Å². The summed E-state index contributed by atoms with van der Waals surface area (Å²) in [6, 6.07) is -0.423. The summed E-state index contributed by atoms with van der Waals surface area (Å²) < 4.78 is 68.6. The number of esters is 2. The van der Waals surface area contributed by atoms with Crippen molar-refractivity contribution in [2.75, 3.05) is 6.61 Å². The number of rotatable bonds is 6. The van der Waals surface area contributed by atoms with Gasteiger partial charge in [-0.25, -0.2) is 0 Å². The summed E-state index contributed by atoms with van der Waals surface area (Å²) in [5.41, 5.74) is -0.634. The number of halogens is 2. The fourth-order valence-corrected chi connectivity index (χ4v) is 7.02. The summed E-state index contributed by atoms with van der Waals surface area (Å²) in [5.74, 6) is -4.97. The quantitative estimate of drug-likeness (QED) is 0.406. The van der Waals surface area contributed by atoms with Gasteiger partial charge in [0.2, 0.25) is 5.91 Å². The van der Waals surface area contributed by atoms with Crippen molar-refractivity contribution in [3.63, 3.8) is 0 Å². The molecule has 1 saturated heterocycles. The highest BCUT2D eigenvalue weighted by Gasteiger charge is 2.72. The zero-order chi connectivity index (χ0) is 26.6. The van der Waals surface area contributed by atoms with Crippen LogP contribution in [0.4, 0.5) is 8.78 Å². The first-order chi connectivity index (χ1) is 16.6. The topological polar surface area (TPSA) is 127 Å². The Bertz CT molecular complexity index is 1000. The third-order valence-corrected chi connectivity index (χ3v) is 9.19. The van der Waals surface area contributed by atoms with Crippen LogP contribution in [0.3, 0.4) is 0 Å². The van der Waals surface area contributed by atoms with Crippen LogP contribution in [0.2, 0.25) is 0 Å². The molecule has 0 aromatic carbocycles. The first-order valence-corrected chi connectivity index (χ1v) is 14.1. The lowest BCUT2D eigenvalue weighted by Gasteiger charge is -2.40. The zero-order valence-electron chi connectivity index (χ0n) is 20.8. The Labute approximate surface area is 210 Å². The van der Waals surface area contributed by atoms with Crippen molar-refractivity contribution < 1.29 is 45.6 Å². The number of nitrogens with zero attached hydrogens (tertiary/aromatic N) is 1. The molecule has 36 heavy (non-hydrogen) atoms. The Morgan fingerprint density at radius 1 is 1.03 bits per heavy atom. The second kappa shape index (κ2) is 9.49. The minimum absolute atomic E-state index is 0.265. The van der Waals surface area contributed by atoms with E-state index < -0.39 is 63.4 Å². The highest BCUT2D eigenvalue weighted by molar-refractivity contribution is 7.86. The van der Waals surface area contributed by atoms with Crippen LogP contribution < -0.4 is 0 Å². The van der Waals surface area contributed by atoms with Gasteiger partial charge in [-0.15, -0.1) is 0 Å². The van der Waals surface area contributed by atoms with Gasteiger partial charge >= 0.3 is 27.3 Å². The van der Waals surface area contributed by atoms with Crippen molar-refractivity contribution in [3.05, 3.63) is 0 Å². The Morgan fingerprint density at radius 3 is 2.17 bits per heavy atom. The van der Waals surface area contributed by atoms with Crippen LogP contribution in [0, 0.1) is 29.6 Å². The van der Waals surface area contributed by atoms with Crippen LogP contribution in [0.5, 0.6) is 0 Å². The predicted molar refractivity (Wildman–Crippen MR) is 122 cm³/mol. The molecule has 0 aromatic rings. The number of fused-ring (bicyclic) bond motifs is 1. The fourth-order valence-electron chi connectivity index (χ4n) is 6.81. The number of carbonyl (C=O) groups is 3. The minimum Gasteiger partial charge on any atom is -0.460 e. The number of hydrogen-bond acceptors (Lipinski definition) is 7. The molecule has 1 N–H and O–H groups in total. The van der Waals surface area contributed by atoms with E-state index in [1.165, 1.54) is 0 Å². The highest BCUT2D eigenvalue weighted by Crippen LogP contribution is 2.61. The van der Waals surface area contributed by atoms with E-state index in [9.17, 15) is 31.6 Å². The molecule has 1 aliphatic heterocycles. The third-order valence-electron chi connectivity index (χ3n) is 8.32. The lowest BCUT2D eigenvalue weighted by Crippen LogP contribution is -2.53. The molecule has 0 aromatic heterocycles. The molecule has 6 atom stereocenters. The summed E-state index contributed by atoms with van der Waals surface area (Å²) in [4.78, 5) is 41.3. The normalized spacial score (nSPS) is 33.4. The van der Waals surface area contributed by atoms with E-state index in [0.29, 0.717) is 19.3 Å². The Kier molecular flexibility index (Phi) is 7.17. The van der Waals surface area contributed by atoms with Gasteiger partial charge in [-0.05, 0) is 46.0 Å². The van der Waals surface area contributed by atoms with Gasteiger partial charge in [0.15, 0.2) is 6.61 Å². The molecule has 3 saturated carbocycles. The number of ether oxygens (including phenoxy) is 2. The van der Waals surface area contributed by atoms with Crippen LogP contribution in [0.1, 0.15) is 72.1 Å². The van der Waals surface area contributed by atoms with Crippen LogP contribution in [-0.4, -0.2) is 65.3 Å². The van der Waals surface area contributed by atoms with Crippen molar-refractivity contribution in [3.8, 4) is 0 Å². The predicted octanol–water partition coefficient (Wildman–Crippen LogP) is 3.17. The minimum atomic E-state index is -5.78. The molecule has 1 amide bonds. The summed E-state index contributed by atoms with van der Waals surface area (Å²) in [5, 5.41) is -4.68. The molecule has 2 bridgehead atoms. The average Bonchev–Trinajstić information content (AvgIpc) is 3.33. The molecule has 9 nitrogen and oxygen atoms in total. The molecule has 204 valence electrons. The van der Waals surface area contributed by atoms with Crippen molar-refractivity contribution >= 4 is 28.0 Å². The van der Waals surface area contributed by atoms with Gasteiger partial charge in [0, 0.05) is 11.5 Å². The van der Waals surface area contributed by atoms with Crippen LogP contribution >= 0.6 is 0 Å². The molecule has 4 aliphatic rings. The van der Waals surface area contributed by atoms with E-state index in [-0.39, 0.29) is 23.7 Å². The fraction of sp³-hybridized carbons (Fsp3) is 0.875. The maximum Gasteiger partial charge on any atom is 0.402 e. The maximum absolute atomic E-state index is 13.7. The number of alkyl halides is 2. The van der Waals surface area contributed by atoms with Crippen molar-refractivity contribution in [1.29, 1.82) is 0 Å². The lowest BCUT2D eigenvalue weighted by molar-refractivity contribution is -0.169. The number of amides is 1. The Morgan fingerprint density at radius 2 is 1.61 bits per heavy atom. The average molecular weight is 536 g/mol. The van der Waals surface area contributed by atoms with Crippen molar-refractivity contribution in [2.24, 2.45) is 29.6 Å². The highest BCUT2D eigenvalue weighted by atomic mass is 32.2. The van der Waals surface area contributed by atoms with Crippen molar-refractivity contribution in [1.82, 2.24) is 4.90 Å². The number of likely N-dealkylation sites (tertiary alicyclic amines) is 1. The van der Waals surface area contributed by atoms with E-state index in [4.69, 9.17) is 9.29 Å². The number of carbonyl (C=O) groups excluding carboxylic acids is 3. The standard InChI is InChI=1S/C24H35F2NO8S/c1-23(2,3)27-18-14-11-15(19(18)35-21(29)13-9-7-5-4-6-8-10-13)17(16(14)20(27)28)22(30)34-12-24(25,26)36(31,32)33/h13-19H,4-12H2,1-3H3,(H,31,32,33).